The zero-order valence-corrected chi connectivity index (χ0v) is 18.3. The fourth-order valence-electron chi connectivity index (χ4n) is 3.64. The van der Waals surface area contributed by atoms with Crippen LogP contribution in [0.1, 0.15) is 22.3 Å². The van der Waals surface area contributed by atoms with Crippen molar-refractivity contribution in [2.45, 2.75) is 13.3 Å². The minimum absolute atomic E-state index is 0.0312. The van der Waals surface area contributed by atoms with Crippen molar-refractivity contribution in [1.82, 2.24) is 9.88 Å². The number of amides is 1. The van der Waals surface area contributed by atoms with Gasteiger partial charge in [0, 0.05) is 31.7 Å². The number of benzene rings is 2. The molecule has 1 fully saturated rings. The van der Waals surface area contributed by atoms with Crippen LogP contribution in [0.25, 0.3) is 10.2 Å². The summed E-state index contributed by atoms with van der Waals surface area (Å²) in [6.45, 7) is 7.09. The van der Waals surface area contributed by atoms with E-state index in [0.29, 0.717) is 12.1 Å². The number of carbonyl (C=O) groups excluding carboxylic acids is 1. The molecule has 3 aromatic rings. The highest BCUT2D eigenvalue weighted by atomic mass is 32.1. The number of thiazole rings is 1. The summed E-state index contributed by atoms with van der Waals surface area (Å²) in [5.74, 6) is 0.706. The first-order chi connectivity index (χ1) is 14.7. The maximum atomic E-state index is 13.4. The number of hydrogen-bond acceptors (Lipinski definition) is 6. The Morgan fingerprint density at radius 3 is 2.67 bits per heavy atom. The molecule has 1 aliphatic rings. The maximum absolute atomic E-state index is 13.4. The Hall–Kier alpha value is -2.48. The number of para-hydroxylation sites is 1. The Bertz CT molecular complexity index is 997. The predicted octanol–water partition coefficient (Wildman–Crippen LogP) is 3.98. The number of fused-ring (bicyclic) bond motifs is 1. The molecule has 30 heavy (non-hydrogen) atoms. The summed E-state index contributed by atoms with van der Waals surface area (Å²) >= 11 is 1.57. The quantitative estimate of drug-likeness (QED) is 0.573. The topological polar surface area (TPSA) is 54.9 Å². The van der Waals surface area contributed by atoms with Crippen molar-refractivity contribution in [3.8, 4) is 5.75 Å². The van der Waals surface area contributed by atoms with Gasteiger partial charge in [-0.05, 0) is 49.2 Å². The molecule has 1 aromatic heterocycles. The van der Waals surface area contributed by atoms with Gasteiger partial charge in [0.1, 0.15) is 5.75 Å². The lowest BCUT2D eigenvalue weighted by atomic mass is 10.2. The molecule has 0 aliphatic carbocycles. The zero-order chi connectivity index (χ0) is 20.9. The van der Waals surface area contributed by atoms with E-state index in [-0.39, 0.29) is 5.91 Å². The van der Waals surface area contributed by atoms with Crippen LogP contribution in [0.4, 0.5) is 5.13 Å². The lowest BCUT2D eigenvalue weighted by Gasteiger charge is -2.27. The summed E-state index contributed by atoms with van der Waals surface area (Å²) in [6.07, 6.45) is 0.886. The summed E-state index contributed by atoms with van der Waals surface area (Å²) in [6, 6.07) is 13.4. The van der Waals surface area contributed by atoms with Crippen molar-refractivity contribution < 1.29 is 14.3 Å². The molecule has 1 aliphatic heterocycles. The fourth-order valence-corrected chi connectivity index (χ4v) is 4.71. The molecule has 0 saturated carbocycles. The van der Waals surface area contributed by atoms with Crippen molar-refractivity contribution >= 4 is 32.6 Å². The molecule has 0 spiro atoms. The third kappa shape index (κ3) is 4.64. The number of carbonyl (C=O) groups is 1. The summed E-state index contributed by atoms with van der Waals surface area (Å²) in [5.41, 5.74) is 2.73. The van der Waals surface area contributed by atoms with E-state index in [1.165, 1.54) is 0 Å². The number of morpholine rings is 1. The van der Waals surface area contributed by atoms with Crippen LogP contribution >= 0.6 is 11.3 Å². The van der Waals surface area contributed by atoms with Crippen molar-refractivity contribution in [3.05, 3.63) is 53.6 Å². The first kappa shape index (κ1) is 20.8. The Labute approximate surface area is 181 Å². The first-order valence-corrected chi connectivity index (χ1v) is 11.1. The summed E-state index contributed by atoms with van der Waals surface area (Å²) < 4.78 is 11.8. The van der Waals surface area contributed by atoms with Crippen LogP contribution in [0.3, 0.4) is 0 Å². The molecule has 2 aromatic carbocycles. The lowest BCUT2D eigenvalue weighted by molar-refractivity contribution is 0.0376. The van der Waals surface area contributed by atoms with Gasteiger partial charge in [0.25, 0.3) is 5.91 Å². The zero-order valence-electron chi connectivity index (χ0n) is 17.5. The predicted molar refractivity (Wildman–Crippen MR) is 121 cm³/mol. The van der Waals surface area contributed by atoms with Crippen LogP contribution in [0.15, 0.2) is 42.5 Å². The second kappa shape index (κ2) is 9.55. The number of anilines is 1. The maximum Gasteiger partial charge on any atom is 0.260 e. The largest absolute Gasteiger partial charge is 0.497 e. The smallest absolute Gasteiger partial charge is 0.260 e. The van der Waals surface area contributed by atoms with Gasteiger partial charge < -0.3 is 9.47 Å². The molecular weight excluding hydrogens is 398 g/mol. The minimum Gasteiger partial charge on any atom is -0.497 e. The fraction of sp³-hybridized carbons (Fsp3) is 0.391. The number of hydrogen-bond donors (Lipinski definition) is 0. The van der Waals surface area contributed by atoms with E-state index in [2.05, 4.69) is 24.0 Å². The molecule has 1 saturated heterocycles. The highest BCUT2D eigenvalue weighted by molar-refractivity contribution is 7.22. The van der Waals surface area contributed by atoms with E-state index in [1.807, 2.05) is 35.2 Å². The van der Waals surface area contributed by atoms with Gasteiger partial charge in [0.15, 0.2) is 5.13 Å². The standard InChI is InChI=1S/C23H27N3O3S/c1-17-5-3-6-20-21(17)24-23(30-20)26(12-4-11-25-13-15-29-16-14-25)22(27)18-7-9-19(28-2)10-8-18/h3,5-10H,4,11-16H2,1-2H3. The van der Waals surface area contributed by atoms with Crippen LogP contribution in [0, 0.1) is 6.92 Å². The van der Waals surface area contributed by atoms with E-state index < -0.39 is 0 Å². The molecule has 0 atom stereocenters. The third-order valence-electron chi connectivity index (χ3n) is 5.38. The van der Waals surface area contributed by atoms with E-state index in [1.54, 1.807) is 18.4 Å². The van der Waals surface area contributed by atoms with E-state index in [9.17, 15) is 4.79 Å². The van der Waals surface area contributed by atoms with Gasteiger partial charge >= 0.3 is 0 Å². The number of rotatable bonds is 7. The van der Waals surface area contributed by atoms with Gasteiger partial charge in [-0.25, -0.2) is 4.98 Å². The van der Waals surface area contributed by atoms with Gasteiger partial charge in [-0.2, -0.15) is 0 Å². The normalized spacial score (nSPS) is 14.7. The Morgan fingerprint density at radius 1 is 1.20 bits per heavy atom. The van der Waals surface area contributed by atoms with Gasteiger partial charge in [-0.15, -0.1) is 0 Å². The Balaban J connectivity index is 1.57. The molecule has 0 unspecified atom stereocenters. The molecule has 6 nitrogen and oxygen atoms in total. The Morgan fingerprint density at radius 2 is 1.97 bits per heavy atom. The lowest BCUT2D eigenvalue weighted by Crippen LogP contribution is -2.39. The van der Waals surface area contributed by atoms with Gasteiger partial charge in [-0.3, -0.25) is 14.6 Å². The number of nitrogens with zero attached hydrogens (tertiary/aromatic N) is 3. The van der Waals surface area contributed by atoms with Crippen LogP contribution in [0.5, 0.6) is 5.75 Å². The molecule has 7 heteroatoms. The number of aryl methyl sites for hydroxylation is 1. The molecule has 0 radical (unpaired) electrons. The molecule has 158 valence electrons. The highest BCUT2D eigenvalue weighted by Gasteiger charge is 2.22. The SMILES string of the molecule is COc1ccc(C(=O)N(CCCN2CCOCC2)c2nc3c(C)cccc3s2)cc1. The van der Waals surface area contributed by atoms with E-state index >= 15 is 0 Å². The van der Waals surface area contributed by atoms with E-state index in [0.717, 1.165) is 65.9 Å². The van der Waals surface area contributed by atoms with Crippen LogP contribution in [0.2, 0.25) is 0 Å². The average molecular weight is 426 g/mol. The minimum atomic E-state index is -0.0312. The molecule has 1 amide bonds. The van der Waals surface area contributed by atoms with E-state index in [4.69, 9.17) is 14.5 Å². The number of methoxy groups -OCH3 is 1. The molecule has 0 N–H and O–H groups in total. The summed E-state index contributed by atoms with van der Waals surface area (Å²) in [4.78, 5) is 22.4. The van der Waals surface area contributed by atoms with Crippen molar-refractivity contribution in [2.24, 2.45) is 0 Å². The average Bonchev–Trinajstić information content (AvgIpc) is 3.22. The second-order valence-corrected chi connectivity index (χ2v) is 8.42. The molecule has 2 heterocycles. The highest BCUT2D eigenvalue weighted by Crippen LogP contribution is 2.31. The monoisotopic (exact) mass is 425 g/mol. The van der Waals surface area contributed by atoms with Crippen LogP contribution in [-0.2, 0) is 4.74 Å². The first-order valence-electron chi connectivity index (χ1n) is 10.3. The van der Waals surface area contributed by atoms with Crippen molar-refractivity contribution in [3.63, 3.8) is 0 Å². The molecule has 0 bridgehead atoms. The number of aromatic nitrogens is 1. The summed E-state index contributed by atoms with van der Waals surface area (Å²) in [5, 5.41) is 0.752. The van der Waals surface area contributed by atoms with Gasteiger partial charge in [0.2, 0.25) is 0 Å². The second-order valence-electron chi connectivity index (χ2n) is 7.41. The molecule has 4 rings (SSSR count). The Kier molecular flexibility index (Phi) is 6.62. The van der Waals surface area contributed by atoms with Crippen molar-refractivity contribution in [2.75, 3.05) is 51.4 Å². The van der Waals surface area contributed by atoms with Crippen molar-refractivity contribution in [1.29, 1.82) is 0 Å². The van der Waals surface area contributed by atoms with Crippen LogP contribution < -0.4 is 9.64 Å². The van der Waals surface area contributed by atoms with Crippen LogP contribution in [-0.4, -0.2) is 62.3 Å². The third-order valence-corrected chi connectivity index (χ3v) is 6.43. The van der Waals surface area contributed by atoms with Gasteiger partial charge in [-0.1, -0.05) is 23.5 Å². The molecular formula is C23H27N3O3S. The van der Waals surface area contributed by atoms with Gasteiger partial charge in [0.05, 0.1) is 30.5 Å². The number of ether oxygens (including phenoxy) is 2. The summed E-state index contributed by atoms with van der Waals surface area (Å²) in [7, 11) is 1.62.